The highest BCUT2D eigenvalue weighted by molar-refractivity contribution is 9.10. The molecule has 0 N–H and O–H groups in total. The summed E-state index contributed by atoms with van der Waals surface area (Å²) in [5.74, 6) is 0.718. The van der Waals surface area contributed by atoms with E-state index in [-0.39, 0.29) is 11.9 Å². The summed E-state index contributed by atoms with van der Waals surface area (Å²) in [6.07, 6.45) is 2.53. The number of amides is 1. The van der Waals surface area contributed by atoms with Crippen molar-refractivity contribution in [2.75, 3.05) is 19.7 Å². The fourth-order valence-corrected chi connectivity index (χ4v) is 3.04. The molecule has 1 aromatic carbocycles. The monoisotopic (exact) mass is 401 g/mol. The number of ether oxygens (including phenoxy) is 2. The fraction of sp³-hybridized carbons (Fsp3) is 0.611. The van der Waals surface area contributed by atoms with Crippen LogP contribution >= 0.6 is 15.9 Å². The number of piperidine rings is 1. The summed E-state index contributed by atoms with van der Waals surface area (Å²) in [5.41, 5.74) is -0.458. The van der Waals surface area contributed by atoms with Crippen LogP contribution in [-0.2, 0) is 4.74 Å². The lowest BCUT2D eigenvalue weighted by Crippen LogP contribution is -2.41. The Hall–Kier alpha value is -1.30. The quantitative estimate of drug-likeness (QED) is 0.711. The molecular formula is C18H25BrFNO3. The highest BCUT2D eigenvalue weighted by Crippen LogP contribution is 2.28. The molecule has 0 atom stereocenters. The first-order valence-corrected chi connectivity index (χ1v) is 9.10. The van der Waals surface area contributed by atoms with Crippen molar-refractivity contribution < 1.29 is 18.7 Å². The molecule has 0 aliphatic carbocycles. The molecule has 1 saturated heterocycles. The van der Waals surface area contributed by atoms with E-state index in [1.54, 1.807) is 17.0 Å². The molecule has 1 heterocycles. The SMILES string of the molecule is CC(C)(C)OC(=O)N1CCC(CCOc2cccc(F)c2Br)CC1. The minimum absolute atomic E-state index is 0.235. The minimum Gasteiger partial charge on any atom is -0.492 e. The molecule has 1 fully saturated rings. The van der Waals surface area contributed by atoms with Gasteiger partial charge in [0.15, 0.2) is 0 Å². The number of nitrogens with zero attached hydrogens (tertiary/aromatic N) is 1. The lowest BCUT2D eigenvalue weighted by Gasteiger charge is -2.33. The number of hydrogen-bond acceptors (Lipinski definition) is 3. The summed E-state index contributed by atoms with van der Waals surface area (Å²) in [6, 6.07) is 4.77. The van der Waals surface area contributed by atoms with Gasteiger partial charge < -0.3 is 14.4 Å². The van der Waals surface area contributed by atoms with E-state index in [1.807, 2.05) is 20.8 Å². The van der Waals surface area contributed by atoms with Crippen molar-refractivity contribution in [2.45, 2.75) is 45.6 Å². The predicted octanol–water partition coefficient (Wildman–Crippen LogP) is 5.00. The van der Waals surface area contributed by atoms with E-state index in [9.17, 15) is 9.18 Å². The Balaban J connectivity index is 1.72. The van der Waals surface area contributed by atoms with Crippen molar-refractivity contribution in [1.29, 1.82) is 0 Å². The van der Waals surface area contributed by atoms with Crippen molar-refractivity contribution in [3.63, 3.8) is 0 Å². The Labute approximate surface area is 151 Å². The largest absolute Gasteiger partial charge is 0.492 e. The normalized spacial score (nSPS) is 16.1. The van der Waals surface area contributed by atoms with Gasteiger partial charge in [0.2, 0.25) is 0 Å². The molecule has 2 rings (SSSR count). The molecule has 24 heavy (non-hydrogen) atoms. The van der Waals surface area contributed by atoms with E-state index < -0.39 is 5.60 Å². The van der Waals surface area contributed by atoms with Gasteiger partial charge in [-0.25, -0.2) is 9.18 Å². The van der Waals surface area contributed by atoms with E-state index >= 15 is 0 Å². The first-order valence-electron chi connectivity index (χ1n) is 8.31. The topological polar surface area (TPSA) is 38.8 Å². The van der Waals surface area contributed by atoms with Gasteiger partial charge in [-0.05, 0) is 74.0 Å². The van der Waals surface area contributed by atoms with Crippen LogP contribution < -0.4 is 4.74 Å². The smallest absolute Gasteiger partial charge is 0.410 e. The van der Waals surface area contributed by atoms with E-state index in [0.717, 1.165) is 19.3 Å². The third-order valence-electron chi connectivity index (χ3n) is 3.97. The van der Waals surface area contributed by atoms with E-state index in [4.69, 9.17) is 9.47 Å². The summed E-state index contributed by atoms with van der Waals surface area (Å²) in [5, 5.41) is 0. The summed E-state index contributed by atoms with van der Waals surface area (Å²) < 4.78 is 24.9. The van der Waals surface area contributed by atoms with Gasteiger partial charge in [0, 0.05) is 13.1 Å². The number of carbonyl (C=O) groups excluding carboxylic acids is 1. The molecule has 0 aromatic heterocycles. The van der Waals surface area contributed by atoms with Gasteiger partial charge in [0.25, 0.3) is 0 Å². The molecule has 6 heteroatoms. The zero-order valence-electron chi connectivity index (χ0n) is 14.5. The van der Waals surface area contributed by atoms with Gasteiger partial charge in [0.1, 0.15) is 17.2 Å². The Morgan fingerprint density at radius 3 is 2.62 bits per heavy atom. The molecular weight excluding hydrogens is 377 g/mol. The summed E-state index contributed by atoms with van der Waals surface area (Å²) in [7, 11) is 0. The molecule has 0 bridgehead atoms. The van der Waals surface area contributed by atoms with E-state index in [2.05, 4.69) is 15.9 Å². The van der Waals surface area contributed by atoms with Crippen molar-refractivity contribution in [3.8, 4) is 5.75 Å². The minimum atomic E-state index is -0.458. The van der Waals surface area contributed by atoms with Crippen LogP contribution in [0, 0.1) is 11.7 Å². The van der Waals surface area contributed by atoms with E-state index in [1.165, 1.54) is 6.07 Å². The molecule has 1 amide bonds. The highest BCUT2D eigenvalue weighted by atomic mass is 79.9. The Kier molecular flexibility index (Phi) is 6.49. The van der Waals surface area contributed by atoms with Crippen LogP contribution in [0.25, 0.3) is 0 Å². The van der Waals surface area contributed by atoms with Crippen LogP contribution in [0.4, 0.5) is 9.18 Å². The second kappa shape index (κ2) is 8.19. The molecule has 1 aliphatic heterocycles. The van der Waals surface area contributed by atoms with Crippen LogP contribution in [0.15, 0.2) is 22.7 Å². The first kappa shape index (κ1) is 19.0. The second-order valence-corrected chi connectivity index (χ2v) is 7.89. The van der Waals surface area contributed by atoms with Crippen molar-refractivity contribution in [1.82, 2.24) is 4.90 Å². The average molecular weight is 402 g/mol. The second-order valence-electron chi connectivity index (χ2n) is 7.10. The Morgan fingerprint density at radius 1 is 1.33 bits per heavy atom. The van der Waals surface area contributed by atoms with Gasteiger partial charge in [-0.1, -0.05) is 6.07 Å². The lowest BCUT2D eigenvalue weighted by atomic mass is 9.94. The van der Waals surface area contributed by atoms with Gasteiger partial charge in [0.05, 0.1) is 11.1 Å². The van der Waals surface area contributed by atoms with Gasteiger partial charge in [-0.3, -0.25) is 0 Å². The number of hydrogen-bond donors (Lipinski definition) is 0. The first-order chi connectivity index (χ1) is 11.3. The average Bonchev–Trinajstić information content (AvgIpc) is 2.50. The maximum Gasteiger partial charge on any atom is 0.410 e. The van der Waals surface area contributed by atoms with Crippen LogP contribution in [0.1, 0.15) is 40.0 Å². The number of likely N-dealkylation sites (tertiary alicyclic amines) is 1. The maximum atomic E-state index is 13.4. The highest BCUT2D eigenvalue weighted by Gasteiger charge is 2.26. The zero-order chi connectivity index (χ0) is 17.7. The van der Waals surface area contributed by atoms with Crippen LogP contribution in [0.5, 0.6) is 5.75 Å². The Morgan fingerprint density at radius 2 is 2.00 bits per heavy atom. The van der Waals surface area contributed by atoms with Gasteiger partial charge >= 0.3 is 6.09 Å². The van der Waals surface area contributed by atoms with Gasteiger partial charge in [-0.2, -0.15) is 0 Å². The number of benzene rings is 1. The van der Waals surface area contributed by atoms with Crippen molar-refractivity contribution in [2.24, 2.45) is 5.92 Å². The van der Waals surface area contributed by atoms with Crippen LogP contribution in [0.3, 0.4) is 0 Å². The molecule has 0 spiro atoms. The predicted molar refractivity (Wildman–Crippen MR) is 94.7 cm³/mol. The molecule has 0 saturated carbocycles. The summed E-state index contributed by atoms with van der Waals surface area (Å²) >= 11 is 3.20. The van der Waals surface area contributed by atoms with E-state index in [0.29, 0.717) is 35.8 Å². The van der Waals surface area contributed by atoms with Crippen molar-refractivity contribution in [3.05, 3.63) is 28.5 Å². The standard InChI is InChI=1S/C18H25BrFNO3/c1-18(2,3)24-17(22)21-10-7-13(8-11-21)9-12-23-15-6-4-5-14(20)16(15)19/h4-6,13H,7-12H2,1-3H3. The molecule has 0 radical (unpaired) electrons. The summed E-state index contributed by atoms with van der Waals surface area (Å²) in [4.78, 5) is 13.8. The van der Waals surface area contributed by atoms with Crippen LogP contribution in [0.2, 0.25) is 0 Å². The molecule has 0 unspecified atom stereocenters. The lowest BCUT2D eigenvalue weighted by molar-refractivity contribution is 0.0177. The Bertz CT molecular complexity index is 566. The maximum absolute atomic E-state index is 13.4. The molecule has 134 valence electrons. The van der Waals surface area contributed by atoms with Gasteiger partial charge in [-0.15, -0.1) is 0 Å². The number of halogens is 2. The molecule has 1 aliphatic rings. The third-order valence-corrected chi connectivity index (χ3v) is 4.74. The number of carbonyl (C=O) groups is 1. The summed E-state index contributed by atoms with van der Waals surface area (Å²) in [6.45, 7) is 7.59. The third kappa shape index (κ3) is 5.65. The van der Waals surface area contributed by atoms with Crippen molar-refractivity contribution >= 4 is 22.0 Å². The molecule has 4 nitrogen and oxygen atoms in total. The number of rotatable bonds is 4. The van der Waals surface area contributed by atoms with Crippen LogP contribution in [-0.4, -0.2) is 36.3 Å². The fourth-order valence-electron chi connectivity index (χ4n) is 2.66. The zero-order valence-corrected chi connectivity index (χ0v) is 16.1. The molecule has 1 aromatic rings.